The van der Waals surface area contributed by atoms with Crippen molar-refractivity contribution in [1.29, 1.82) is 0 Å². The Morgan fingerprint density at radius 3 is 2.76 bits per heavy atom. The van der Waals surface area contributed by atoms with Crippen molar-refractivity contribution in [2.75, 3.05) is 5.75 Å². The summed E-state index contributed by atoms with van der Waals surface area (Å²) in [6.07, 6.45) is 0. The highest BCUT2D eigenvalue weighted by atomic mass is 32.2. The van der Waals surface area contributed by atoms with Gasteiger partial charge in [-0.3, -0.25) is 9.00 Å². The van der Waals surface area contributed by atoms with E-state index in [1.165, 1.54) is 18.3 Å². The van der Waals surface area contributed by atoms with Gasteiger partial charge in [0.25, 0.3) is 0 Å². The van der Waals surface area contributed by atoms with Crippen LogP contribution in [0.2, 0.25) is 0 Å². The van der Waals surface area contributed by atoms with E-state index in [2.05, 4.69) is 5.32 Å². The van der Waals surface area contributed by atoms with Gasteiger partial charge in [-0.15, -0.1) is 11.3 Å². The van der Waals surface area contributed by atoms with Crippen molar-refractivity contribution in [2.24, 2.45) is 0 Å². The summed E-state index contributed by atoms with van der Waals surface area (Å²) in [5.74, 6) is -1.36. The average Bonchev–Trinajstić information content (AvgIpc) is 2.68. The van der Waals surface area contributed by atoms with E-state index in [-0.39, 0.29) is 5.75 Å². The van der Waals surface area contributed by atoms with Gasteiger partial charge in [0.15, 0.2) is 0 Å². The molecule has 1 amide bonds. The highest BCUT2D eigenvalue weighted by Gasteiger charge is 2.21. The van der Waals surface area contributed by atoms with E-state index < -0.39 is 28.7 Å². The van der Waals surface area contributed by atoms with Crippen LogP contribution in [0.4, 0.5) is 0 Å². The van der Waals surface area contributed by atoms with Gasteiger partial charge in [-0.1, -0.05) is 6.07 Å². The van der Waals surface area contributed by atoms with Gasteiger partial charge in [-0.25, -0.2) is 4.79 Å². The first kappa shape index (κ1) is 13.9. The molecule has 0 saturated heterocycles. The zero-order valence-electron chi connectivity index (χ0n) is 9.21. The molecule has 7 heteroatoms. The van der Waals surface area contributed by atoms with Crippen molar-refractivity contribution < 1.29 is 18.9 Å². The molecule has 2 atom stereocenters. The zero-order chi connectivity index (χ0) is 12.8. The molecule has 0 saturated carbocycles. The van der Waals surface area contributed by atoms with Crippen molar-refractivity contribution in [1.82, 2.24) is 5.32 Å². The minimum absolute atomic E-state index is 0.0766. The average molecular weight is 275 g/mol. The maximum absolute atomic E-state index is 11.7. The fourth-order valence-corrected chi connectivity index (χ4v) is 3.50. The smallest absolute Gasteiger partial charge is 0.327 e. The molecule has 0 spiro atoms. The normalized spacial score (nSPS) is 13.9. The van der Waals surface area contributed by atoms with E-state index >= 15 is 0 Å². The fraction of sp³-hybridized carbons (Fsp3) is 0.400. The number of carboxylic acid groups (broad SMARTS) is 1. The van der Waals surface area contributed by atoms with Gasteiger partial charge in [0, 0.05) is 22.6 Å². The third kappa shape index (κ3) is 5.10. The Hall–Kier alpha value is -1.21. The largest absolute Gasteiger partial charge is 0.480 e. The molecule has 0 bridgehead atoms. The molecule has 1 rings (SSSR count). The SMILES string of the molecule is CC(=O)NC(CS(=O)Cc1cccs1)C(=O)O. The molecular formula is C10H13NO4S2. The number of nitrogens with one attached hydrogen (secondary N) is 1. The summed E-state index contributed by atoms with van der Waals surface area (Å²) in [7, 11) is -1.30. The lowest BCUT2D eigenvalue weighted by Crippen LogP contribution is -2.43. The summed E-state index contributed by atoms with van der Waals surface area (Å²) in [4.78, 5) is 22.6. The molecule has 2 unspecified atom stereocenters. The number of rotatable bonds is 6. The van der Waals surface area contributed by atoms with Gasteiger partial charge in [0.1, 0.15) is 6.04 Å². The van der Waals surface area contributed by atoms with Crippen LogP contribution in [0, 0.1) is 0 Å². The zero-order valence-corrected chi connectivity index (χ0v) is 10.8. The maximum Gasteiger partial charge on any atom is 0.327 e. The quantitative estimate of drug-likeness (QED) is 0.795. The van der Waals surface area contributed by atoms with Gasteiger partial charge >= 0.3 is 5.97 Å². The fourth-order valence-electron chi connectivity index (χ4n) is 1.22. The molecule has 2 N–H and O–H groups in total. The summed E-state index contributed by atoms with van der Waals surface area (Å²) in [5.41, 5.74) is 0. The predicted octanol–water partition coefficient (Wildman–Crippen LogP) is 0.586. The van der Waals surface area contributed by atoms with Gasteiger partial charge < -0.3 is 10.4 Å². The molecule has 0 aliphatic rings. The van der Waals surface area contributed by atoms with Gasteiger partial charge in [0.05, 0.1) is 11.5 Å². The molecule has 94 valence electrons. The number of carboxylic acids is 1. The van der Waals surface area contributed by atoms with E-state index in [0.717, 1.165) is 4.88 Å². The first-order valence-electron chi connectivity index (χ1n) is 4.86. The molecule has 0 radical (unpaired) electrons. The van der Waals surface area contributed by atoms with Gasteiger partial charge in [-0.2, -0.15) is 0 Å². The van der Waals surface area contributed by atoms with Crippen LogP contribution in [0.3, 0.4) is 0 Å². The number of hydrogen-bond donors (Lipinski definition) is 2. The molecule has 5 nitrogen and oxygen atoms in total. The molecule has 0 fully saturated rings. The Morgan fingerprint density at radius 1 is 1.59 bits per heavy atom. The monoisotopic (exact) mass is 275 g/mol. The van der Waals surface area contributed by atoms with Crippen molar-refractivity contribution in [3.8, 4) is 0 Å². The number of aliphatic carboxylic acids is 1. The minimum atomic E-state index is -1.30. The van der Waals surface area contributed by atoms with E-state index in [1.54, 1.807) is 0 Å². The van der Waals surface area contributed by atoms with Crippen LogP contribution in [-0.4, -0.2) is 33.0 Å². The molecule has 0 aliphatic heterocycles. The Balaban J connectivity index is 2.52. The lowest BCUT2D eigenvalue weighted by molar-refractivity contribution is -0.140. The molecule has 1 heterocycles. The second kappa shape index (κ2) is 6.51. The first-order chi connectivity index (χ1) is 7.99. The third-order valence-electron chi connectivity index (χ3n) is 1.91. The molecule has 0 aliphatic carbocycles. The first-order valence-corrected chi connectivity index (χ1v) is 7.23. The number of amides is 1. The van der Waals surface area contributed by atoms with Gasteiger partial charge in [0.2, 0.25) is 5.91 Å². The molecule has 1 aromatic heterocycles. The lowest BCUT2D eigenvalue weighted by Gasteiger charge is -2.12. The molecular weight excluding hydrogens is 262 g/mol. The van der Waals surface area contributed by atoms with Crippen LogP contribution in [0.15, 0.2) is 17.5 Å². The van der Waals surface area contributed by atoms with E-state index in [9.17, 15) is 13.8 Å². The van der Waals surface area contributed by atoms with Gasteiger partial charge in [-0.05, 0) is 11.4 Å². The number of carbonyl (C=O) groups is 2. The highest BCUT2D eigenvalue weighted by Crippen LogP contribution is 2.11. The van der Waals surface area contributed by atoms with E-state index in [0.29, 0.717) is 5.75 Å². The number of hydrogen-bond acceptors (Lipinski definition) is 4. The van der Waals surface area contributed by atoms with Crippen molar-refractivity contribution >= 4 is 34.0 Å². The Kier molecular flexibility index (Phi) is 5.30. The van der Waals surface area contributed by atoms with Crippen LogP contribution >= 0.6 is 11.3 Å². The summed E-state index contributed by atoms with van der Waals surface area (Å²) < 4.78 is 11.7. The minimum Gasteiger partial charge on any atom is -0.480 e. The predicted molar refractivity (Wildman–Crippen MR) is 66.3 cm³/mol. The van der Waals surface area contributed by atoms with Crippen LogP contribution in [0.5, 0.6) is 0 Å². The van der Waals surface area contributed by atoms with Crippen LogP contribution in [0.25, 0.3) is 0 Å². The number of thiophene rings is 1. The molecule has 0 aromatic carbocycles. The third-order valence-corrected chi connectivity index (χ3v) is 4.31. The van der Waals surface area contributed by atoms with Crippen molar-refractivity contribution in [3.05, 3.63) is 22.4 Å². The van der Waals surface area contributed by atoms with Crippen LogP contribution in [-0.2, 0) is 26.1 Å². The Morgan fingerprint density at radius 2 is 2.29 bits per heavy atom. The summed E-state index contributed by atoms with van der Waals surface area (Å²) in [6.45, 7) is 1.23. The standard InChI is InChI=1S/C10H13NO4S2/c1-7(12)11-9(10(13)14)6-17(15)5-8-3-2-4-16-8/h2-4,9H,5-6H2,1H3,(H,11,12)(H,13,14). The highest BCUT2D eigenvalue weighted by molar-refractivity contribution is 7.84. The summed E-state index contributed by atoms with van der Waals surface area (Å²) >= 11 is 1.47. The lowest BCUT2D eigenvalue weighted by atomic mass is 10.3. The van der Waals surface area contributed by atoms with Crippen molar-refractivity contribution in [2.45, 2.75) is 18.7 Å². The number of carbonyl (C=O) groups excluding carboxylic acids is 1. The Bertz CT molecular complexity index is 416. The van der Waals surface area contributed by atoms with E-state index in [4.69, 9.17) is 5.11 Å². The second-order valence-corrected chi connectivity index (χ2v) is 5.96. The second-order valence-electron chi connectivity index (χ2n) is 3.42. The van der Waals surface area contributed by atoms with Crippen LogP contribution in [0.1, 0.15) is 11.8 Å². The maximum atomic E-state index is 11.7. The Labute approximate surface area is 105 Å². The van der Waals surface area contributed by atoms with E-state index in [1.807, 2.05) is 17.5 Å². The van der Waals surface area contributed by atoms with Crippen molar-refractivity contribution in [3.63, 3.8) is 0 Å². The molecule has 17 heavy (non-hydrogen) atoms. The van der Waals surface area contributed by atoms with Crippen LogP contribution < -0.4 is 5.32 Å². The summed E-state index contributed by atoms with van der Waals surface area (Å²) in [5, 5.41) is 13.0. The topological polar surface area (TPSA) is 83.5 Å². The summed E-state index contributed by atoms with van der Waals surface area (Å²) in [6, 6.07) is 2.60. The molecule has 1 aromatic rings.